The monoisotopic (exact) mass is 296 g/mol. The average Bonchev–Trinajstić information content (AvgIpc) is 2.35. The van der Waals surface area contributed by atoms with E-state index in [1.165, 1.54) is 6.07 Å². The number of ether oxygens (including phenoxy) is 1. The summed E-state index contributed by atoms with van der Waals surface area (Å²) in [4.78, 5) is 17.6. The number of nitrogen functional groups attached to an aromatic ring is 1. The molecular weight excluding hydrogens is 285 g/mol. The molecule has 1 aromatic rings. The maximum Gasteiger partial charge on any atom is 0.451 e. The van der Waals surface area contributed by atoms with E-state index in [0.717, 1.165) is 11.8 Å². The molecule has 0 unspecified atom stereocenters. The molecule has 0 saturated heterocycles. The second-order valence-electron chi connectivity index (χ2n) is 3.15. The minimum absolute atomic E-state index is 0.0247. The lowest BCUT2D eigenvalue weighted by atomic mass is 10.5. The van der Waals surface area contributed by atoms with Crippen molar-refractivity contribution in [2.24, 2.45) is 5.84 Å². The molecule has 0 spiro atoms. The Kier molecular flexibility index (Phi) is 5.36. The number of hydrogen-bond donors (Lipinski definition) is 2. The summed E-state index contributed by atoms with van der Waals surface area (Å²) in [5.74, 6) is 2.83. The van der Waals surface area contributed by atoms with Gasteiger partial charge in [0.15, 0.2) is 0 Å². The molecule has 3 N–H and O–H groups in total. The number of nitrogens with one attached hydrogen (secondary N) is 1. The zero-order chi connectivity index (χ0) is 14.5. The van der Waals surface area contributed by atoms with Crippen molar-refractivity contribution < 1.29 is 22.7 Å². The number of carbonyl (C=O) groups excluding carboxylic acids is 1. The Morgan fingerprint density at radius 2 is 2.21 bits per heavy atom. The summed E-state index contributed by atoms with van der Waals surface area (Å²) in [6.45, 7) is 1.83. The zero-order valence-electron chi connectivity index (χ0n) is 9.82. The normalized spacial score (nSPS) is 11.2. The third-order valence-corrected chi connectivity index (χ3v) is 2.63. The van der Waals surface area contributed by atoms with Crippen molar-refractivity contribution in [3.8, 4) is 0 Å². The summed E-state index contributed by atoms with van der Waals surface area (Å²) in [7, 11) is 0. The fourth-order valence-corrected chi connectivity index (χ4v) is 1.73. The van der Waals surface area contributed by atoms with E-state index in [9.17, 15) is 18.0 Å². The quantitative estimate of drug-likeness (QED) is 0.279. The Hall–Kier alpha value is -1.55. The van der Waals surface area contributed by atoms with Crippen LogP contribution in [-0.2, 0) is 15.7 Å². The van der Waals surface area contributed by atoms with Gasteiger partial charge < -0.3 is 10.2 Å². The summed E-state index contributed by atoms with van der Waals surface area (Å²) < 4.78 is 42.2. The van der Waals surface area contributed by atoms with Gasteiger partial charge >= 0.3 is 12.1 Å². The first-order chi connectivity index (χ1) is 8.86. The standard InChI is InChI=1S/C9H11F3N4O2S/c1-2-18-7(17)4-19-6-3-5(16-13)14-8(15-6)9(10,11)12/h3H,2,4,13H2,1H3,(H,14,15,16). The first kappa shape index (κ1) is 15.5. The summed E-state index contributed by atoms with van der Waals surface area (Å²) in [6.07, 6.45) is -4.69. The van der Waals surface area contributed by atoms with Gasteiger partial charge in [0.1, 0.15) is 10.8 Å². The van der Waals surface area contributed by atoms with Crippen molar-refractivity contribution in [1.82, 2.24) is 9.97 Å². The van der Waals surface area contributed by atoms with Crippen LogP contribution in [0.3, 0.4) is 0 Å². The lowest BCUT2D eigenvalue weighted by molar-refractivity contribution is -0.145. The topological polar surface area (TPSA) is 90.1 Å². The number of hydrazine groups is 1. The van der Waals surface area contributed by atoms with Crippen LogP contribution in [0.2, 0.25) is 0 Å². The number of esters is 1. The minimum Gasteiger partial charge on any atom is -0.465 e. The van der Waals surface area contributed by atoms with Gasteiger partial charge in [0.05, 0.1) is 12.4 Å². The Labute approximate surface area is 110 Å². The van der Waals surface area contributed by atoms with Crippen LogP contribution in [0, 0.1) is 0 Å². The highest BCUT2D eigenvalue weighted by molar-refractivity contribution is 7.99. The third kappa shape index (κ3) is 4.91. The Morgan fingerprint density at radius 3 is 2.74 bits per heavy atom. The van der Waals surface area contributed by atoms with E-state index in [-0.39, 0.29) is 23.2 Å². The van der Waals surface area contributed by atoms with Crippen molar-refractivity contribution in [2.45, 2.75) is 18.1 Å². The van der Waals surface area contributed by atoms with Crippen LogP contribution in [0.4, 0.5) is 19.0 Å². The summed E-state index contributed by atoms with van der Waals surface area (Å²) >= 11 is 0.807. The average molecular weight is 296 g/mol. The van der Waals surface area contributed by atoms with Gasteiger partial charge in [-0.1, -0.05) is 11.8 Å². The maximum atomic E-state index is 12.5. The zero-order valence-corrected chi connectivity index (χ0v) is 10.6. The number of halogens is 3. The van der Waals surface area contributed by atoms with Crippen molar-refractivity contribution in [2.75, 3.05) is 17.8 Å². The highest BCUT2D eigenvalue weighted by atomic mass is 32.2. The van der Waals surface area contributed by atoms with Crippen LogP contribution in [-0.4, -0.2) is 28.3 Å². The SMILES string of the molecule is CCOC(=O)CSc1cc(NN)nc(C(F)(F)F)n1. The van der Waals surface area contributed by atoms with E-state index >= 15 is 0 Å². The van der Waals surface area contributed by atoms with Crippen LogP contribution < -0.4 is 11.3 Å². The van der Waals surface area contributed by atoms with Crippen molar-refractivity contribution in [3.05, 3.63) is 11.9 Å². The van der Waals surface area contributed by atoms with Gasteiger partial charge in [0, 0.05) is 6.07 Å². The smallest absolute Gasteiger partial charge is 0.451 e. The van der Waals surface area contributed by atoms with Gasteiger partial charge in [-0.3, -0.25) is 4.79 Å². The number of nitrogens with two attached hydrogens (primary N) is 1. The molecule has 1 heterocycles. The molecule has 0 fully saturated rings. The molecule has 0 aliphatic heterocycles. The largest absolute Gasteiger partial charge is 0.465 e. The third-order valence-electron chi connectivity index (χ3n) is 1.75. The summed E-state index contributed by atoms with van der Waals surface area (Å²) in [5, 5.41) is -0.0247. The molecule has 0 radical (unpaired) electrons. The number of anilines is 1. The molecule has 0 aliphatic rings. The first-order valence-electron chi connectivity index (χ1n) is 5.08. The summed E-state index contributed by atoms with van der Waals surface area (Å²) in [6, 6.07) is 1.21. The molecule has 0 amide bonds. The molecule has 19 heavy (non-hydrogen) atoms. The van der Waals surface area contributed by atoms with Gasteiger partial charge in [-0.25, -0.2) is 15.8 Å². The van der Waals surface area contributed by atoms with Crippen LogP contribution in [0.15, 0.2) is 11.1 Å². The number of hydrogen-bond acceptors (Lipinski definition) is 7. The van der Waals surface area contributed by atoms with Gasteiger partial charge in [-0.2, -0.15) is 13.2 Å². The van der Waals surface area contributed by atoms with Crippen LogP contribution >= 0.6 is 11.8 Å². The van der Waals surface area contributed by atoms with E-state index in [2.05, 4.69) is 14.7 Å². The number of aromatic nitrogens is 2. The van der Waals surface area contributed by atoms with Crippen molar-refractivity contribution in [1.29, 1.82) is 0 Å². The number of nitrogens with zero attached hydrogens (tertiary/aromatic N) is 2. The van der Waals surface area contributed by atoms with E-state index in [4.69, 9.17) is 5.84 Å². The molecule has 0 atom stereocenters. The predicted molar refractivity (Wildman–Crippen MR) is 62.2 cm³/mol. The molecular formula is C9H11F3N4O2S. The minimum atomic E-state index is -4.69. The van der Waals surface area contributed by atoms with Crippen molar-refractivity contribution in [3.63, 3.8) is 0 Å². The van der Waals surface area contributed by atoms with Crippen molar-refractivity contribution >= 4 is 23.5 Å². The van der Waals surface area contributed by atoms with Crippen LogP contribution in [0.5, 0.6) is 0 Å². The fraction of sp³-hybridized carbons (Fsp3) is 0.444. The van der Waals surface area contributed by atoms with Gasteiger partial charge in [-0.05, 0) is 6.92 Å². The fourth-order valence-electron chi connectivity index (χ4n) is 1.04. The lowest BCUT2D eigenvalue weighted by Gasteiger charge is -2.09. The lowest BCUT2D eigenvalue weighted by Crippen LogP contribution is -2.16. The Bertz CT molecular complexity index is 456. The van der Waals surface area contributed by atoms with E-state index in [1.54, 1.807) is 6.92 Å². The molecule has 1 rings (SSSR count). The van der Waals surface area contributed by atoms with Gasteiger partial charge in [0.25, 0.3) is 0 Å². The number of thioether (sulfide) groups is 1. The molecule has 0 aromatic carbocycles. The number of alkyl halides is 3. The maximum absolute atomic E-state index is 12.5. The Morgan fingerprint density at radius 1 is 1.53 bits per heavy atom. The molecule has 10 heteroatoms. The molecule has 0 bridgehead atoms. The predicted octanol–water partition coefficient (Wildman–Crippen LogP) is 1.44. The molecule has 106 valence electrons. The highest BCUT2D eigenvalue weighted by Gasteiger charge is 2.35. The second-order valence-corrected chi connectivity index (χ2v) is 4.15. The van der Waals surface area contributed by atoms with E-state index in [1.807, 2.05) is 5.43 Å². The molecule has 1 aromatic heterocycles. The van der Waals surface area contributed by atoms with E-state index < -0.39 is 18.0 Å². The number of carbonyl (C=O) groups is 1. The van der Waals surface area contributed by atoms with Crippen LogP contribution in [0.1, 0.15) is 12.7 Å². The number of rotatable bonds is 5. The first-order valence-corrected chi connectivity index (χ1v) is 6.06. The Balaban J connectivity index is 2.86. The molecule has 0 aliphatic carbocycles. The summed E-state index contributed by atoms with van der Waals surface area (Å²) in [5.41, 5.74) is 2.01. The van der Waals surface area contributed by atoms with Gasteiger partial charge in [-0.15, -0.1) is 0 Å². The van der Waals surface area contributed by atoms with Crippen LogP contribution in [0.25, 0.3) is 0 Å². The molecule has 0 saturated carbocycles. The van der Waals surface area contributed by atoms with E-state index in [0.29, 0.717) is 0 Å². The van der Waals surface area contributed by atoms with Gasteiger partial charge in [0.2, 0.25) is 5.82 Å². The second kappa shape index (κ2) is 6.57. The highest BCUT2D eigenvalue weighted by Crippen LogP contribution is 2.29. The molecule has 6 nitrogen and oxygen atoms in total.